The van der Waals surface area contributed by atoms with Crippen LogP contribution < -0.4 is 9.62 Å². The molecular formula is C22H17ClF3N3O3S2. The summed E-state index contributed by atoms with van der Waals surface area (Å²) in [7, 11) is -3.78. The van der Waals surface area contributed by atoms with E-state index in [4.69, 9.17) is 11.6 Å². The molecule has 0 saturated carbocycles. The number of pyridine rings is 1. The second kappa shape index (κ2) is 9.40. The maximum Gasteiger partial charge on any atom is 0.417 e. The second-order valence-corrected chi connectivity index (χ2v) is 11.0. The van der Waals surface area contributed by atoms with Gasteiger partial charge in [-0.3, -0.25) is 14.4 Å². The van der Waals surface area contributed by atoms with E-state index in [0.29, 0.717) is 4.34 Å². The largest absolute Gasteiger partial charge is 0.417 e. The van der Waals surface area contributed by atoms with E-state index < -0.39 is 27.7 Å². The molecule has 1 aliphatic heterocycles. The van der Waals surface area contributed by atoms with E-state index in [1.165, 1.54) is 58.8 Å². The van der Waals surface area contributed by atoms with Crippen LogP contribution in [-0.4, -0.2) is 31.6 Å². The van der Waals surface area contributed by atoms with Crippen LogP contribution in [0.1, 0.15) is 10.4 Å². The molecule has 12 heteroatoms. The highest BCUT2D eigenvalue weighted by molar-refractivity contribution is 7.89. The zero-order chi connectivity index (χ0) is 24.5. The van der Waals surface area contributed by atoms with Crippen LogP contribution in [0.15, 0.2) is 66.5 Å². The van der Waals surface area contributed by atoms with Crippen molar-refractivity contribution in [3.05, 3.63) is 81.3 Å². The number of amides is 1. The predicted octanol–water partition coefficient (Wildman–Crippen LogP) is 4.87. The molecule has 3 heterocycles. The Morgan fingerprint density at radius 2 is 1.88 bits per heavy atom. The van der Waals surface area contributed by atoms with Crippen molar-refractivity contribution in [1.82, 2.24) is 9.71 Å². The summed E-state index contributed by atoms with van der Waals surface area (Å²) in [6.45, 7) is 0.0721. The average molecular weight is 528 g/mol. The topological polar surface area (TPSA) is 79.4 Å². The lowest BCUT2D eigenvalue weighted by atomic mass is 10.0. The van der Waals surface area contributed by atoms with Gasteiger partial charge in [-0.2, -0.15) is 13.2 Å². The Morgan fingerprint density at radius 3 is 2.53 bits per heavy atom. The van der Waals surface area contributed by atoms with Gasteiger partial charge in [0.25, 0.3) is 5.91 Å². The van der Waals surface area contributed by atoms with Gasteiger partial charge >= 0.3 is 6.18 Å². The summed E-state index contributed by atoms with van der Waals surface area (Å²) in [5.74, 6) is -0.629. The van der Waals surface area contributed by atoms with Crippen LogP contribution in [-0.2, 0) is 27.4 Å². The normalized spacial score (nSPS) is 14.4. The van der Waals surface area contributed by atoms with Crippen LogP contribution in [0.2, 0.25) is 4.34 Å². The minimum absolute atomic E-state index is 0.0274. The number of alkyl halides is 3. The van der Waals surface area contributed by atoms with Crippen LogP contribution in [0.3, 0.4) is 0 Å². The first-order chi connectivity index (χ1) is 16.0. The van der Waals surface area contributed by atoms with Gasteiger partial charge in [0, 0.05) is 23.2 Å². The van der Waals surface area contributed by atoms with Crippen molar-refractivity contribution in [2.45, 2.75) is 12.6 Å². The van der Waals surface area contributed by atoms with E-state index in [-0.39, 0.29) is 41.4 Å². The van der Waals surface area contributed by atoms with Crippen molar-refractivity contribution >= 4 is 44.7 Å². The first-order valence-corrected chi connectivity index (χ1v) is 12.8. The quantitative estimate of drug-likeness (QED) is 0.475. The number of sulfonamides is 1. The van der Waals surface area contributed by atoms with Crippen molar-refractivity contribution in [2.24, 2.45) is 0 Å². The van der Waals surface area contributed by atoms with Gasteiger partial charge in [0.1, 0.15) is 11.5 Å². The van der Waals surface area contributed by atoms with Gasteiger partial charge in [-0.25, -0.2) is 13.4 Å². The zero-order valence-corrected chi connectivity index (χ0v) is 19.7. The Hall–Kier alpha value is -2.89. The highest BCUT2D eigenvalue weighted by Crippen LogP contribution is 2.37. The van der Waals surface area contributed by atoms with Crippen LogP contribution >= 0.6 is 22.9 Å². The minimum Gasteiger partial charge on any atom is -0.287 e. The fraction of sp³-hybridized carbons (Fsp3) is 0.182. The third-order valence-corrected chi connectivity index (χ3v) is 7.60. The summed E-state index contributed by atoms with van der Waals surface area (Å²) < 4.78 is 67.6. The number of hydrogen-bond acceptors (Lipinski definition) is 5. The Balaban J connectivity index is 1.44. The maximum absolute atomic E-state index is 13.3. The van der Waals surface area contributed by atoms with E-state index in [9.17, 15) is 26.4 Å². The highest BCUT2D eigenvalue weighted by atomic mass is 35.5. The summed E-state index contributed by atoms with van der Waals surface area (Å²) in [4.78, 5) is 18.9. The zero-order valence-electron chi connectivity index (χ0n) is 17.3. The molecule has 3 aromatic rings. The van der Waals surface area contributed by atoms with E-state index in [2.05, 4.69) is 9.71 Å². The molecule has 6 nitrogen and oxygen atoms in total. The molecule has 4 rings (SSSR count). The number of carbonyl (C=O) groups is 1. The molecule has 0 saturated heterocycles. The molecule has 0 aliphatic carbocycles. The lowest BCUT2D eigenvalue weighted by molar-refractivity contribution is -0.137. The Labute approximate surface area is 202 Å². The molecule has 34 heavy (non-hydrogen) atoms. The number of aryl methyl sites for hydroxylation is 1. The number of aromatic nitrogens is 1. The van der Waals surface area contributed by atoms with Crippen LogP contribution in [0.25, 0.3) is 11.1 Å². The van der Waals surface area contributed by atoms with Crippen molar-refractivity contribution in [3.8, 4) is 11.1 Å². The van der Waals surface area contributed by atoms with Gasteiger partial charge in [-0.15, -0.1) is 11.3 Å². The van der Waals surface area contributed by atoms with Gasteiger partial charge in [-0.05, 0) is 48.4 Å². The Morgan fingerprint density at radius 1 is 1.12 bits per heavy atom. The van der Waals surface area contributed by atoms with Gasteiger partial charge in [0.15, 0.2) is 0 Å². The number of rotatable bonds is 7. The Bertz CT molecular complexity index is 1350. The molecule has 178 valence electrons. The third-order valence-electron chi connectivity index (χ3n) is 5.03. The van der Waals surface area contributed by atoms with Crippen molar-refractivity contribution in [1.29, 1.82) is 0 Å². The summed E-state index contributed by atoms with van der Waals surface area (Å²) in [5, 5.41) is 0. The molecule has 1 N–H and O–H groups in total. The fourth-order valence-corrected chi connectivity index (χ4v) is 5.72. The molecule has 0 atom stereocenters. The molecule has 0 unspecified atom stereocenters. The summed E-state index contributed by atoms with van der Waals surface area (Å²) in [6, 6.07) is 11.4. The molecular weight excluding hydrogens is 511 g/mol. The monoisotopic (exact) mass is 527 g/mol. The van der Waals surface area contributed by atoms with Gasteiger partial charge in [-0.1, -0.05) is 29.8 Å². The number of nitrogens with one attached hydrogen (secondary N) is 1. The lowest BCUT2D eigenvalue weighted by Crippen LogP contribution is -2.34. The van der Waals surface area contributed by atoms with E-state index in [1.54, 1.807) is 12.1 Å². The molecule has 1 aromatic carbocycles. The lowest BCUT2D eigenvalue weighted by Gasteiger charge is -2.17. The number of nitrogens with zero attached hydrogens (tertiary/aromatic N) is 2. The number of hydrogen-bond donors (Lipinski definition) is 1. The third kappa shape index (κ3) is 5.43. The van der Waals surface area contributed by atoms with E-state index in [1.807, 2.05) is 0 Å². The summed E-state index contributed by atoms with van der Waals surface area (Å²) in [5.41, 5.74) is -0.672. The fourth-order valence-electron chi connectivity index (χ4n) is 3.41. The predicted molar refractivity (Wildman–Crippen MR) is 125 cm³/mol. The molecule has 2 aromatic heterocycles. The highest BCUT2D eigenvalue weighted by Gasteiger charge is 2.33. The Kier molecular flexibility index (Phi) is 6.70. The van der Waals surface area contributed by atoms with Crippen molar-refractivity contribution in [2.75, 3.05) is 17.2 Å². The number of anilines is 1. The number of benzene rings is 1. The SMILES string of the molecule is O=C1C(NS(=O)(=O)CCc2ccc(Cl)s2)=CCN1c1ccc(-c2ccccc2C(F)(F)F)cn1. The first-order valence-electron chi connectivity index (χ1n) is 9.93. The summed E-state index contributed by atoms with van der Waals surface area (Å²) >= 11 is 7.14. The van der Waals surface area contributed by atoms with Crippen LogP contribution in [0, 0.1) is 0 Å². The minimum atomic E-state index is -4.52. The van der Waals surface area contributed by atoms with E-state index >= 15 is 0 Å². The van der Waals surface area contributed by atoms with E-state index in [0.717, 1.165) is 10.9 Å². The standard InChI is InChI=1S/C22H17ClF3N3O3S2/c23-19-7-6-15(33-19)10-12-34(31,32)28-18-9-11-29(21(18)30)20-8-5-14(13-27-20)16-3-1-2-4-17(16)22(24,25)26/h1-9,13,28H,10-12H2. The smallest absolute Gasteiger partial charge is 0.287 e. The molecule has 0 fully saturated rings. The number of thiophene rings is 1. The second-order valence-electron chi connectivity index (χ2n) is 7.36. The van der Waals surface area contributed by atoms with Gasteiger partial charge < -0.3 is 0 Å². The number of halogens is 4. The molecule has 0 radical (unpaired) electrons. The van der Waals surface area contributed by atoms with Crippen molar-refractivity contribution in [3.63, 3.8) is 0 Å². The van der Waals surface area contributed by atoms with Gasteiger partial charge in [0.2, 0.25) is 10.0 Å². The number of carbonyl (C=O) groups excluding carboxylic acids is 1. The molecule has 0 bridgehead atoms. The van der Waals surface area contributed by atoms with Crippen LogP contribution in [0.4, 0.5) is 19.0 Å². The average Bonchev–Trinajstić information content (AvgIpc) is 3.37. The first kappa shape index (κ1) is 24.2. The molecule has 0 spiro atoms. The molecule has 1 aliphatic rings. The summed E-state index contributed by atoms with van der Waals surface area (Å²) in [6.07, 6.45) is -1.59. The van der Waals surface area contributed by atoms with Gasteiger partial charge in [0.05, 0.1) is 15.7 Å². The van der Waals surface area contributed by atoms with Crippen molar-refractivity contribution < 1.29 is 26.4 Å². The van der Waals surface area contributed by atoms with Crippen LogP contribution in [0.5, 0.6) is 0 Å². The maximum atomic E-state index is 13.3. The molecule has 1 amide bonds.